The molecule has 0 bridgehead atoms. The Morgan fingerprint density at radius 2 is 1.52 bits per heavy atom. The van der Waals surface area contributed by atoms with Crippen LogP contribution in [-0.4, -0.2) is 30.2 Å². The van der Waals surface area contributed by atoms with E-state index in [0.717, 1.165) is 0 Å². The van der Waals surface area contributed by atoms with Crippen molar-refractivity contribution < 1.29 is 19.4 Å². The number of hydrogen-bond donors (Lipinski definition) is 3. The highest BCUT2D eigenvalue weighted by Gasteiger charge is 2.08. The maximum Gasteiger partial charge on any atom is 0.271 e. The maximum absolute atomic E-state index is 12.3. The van der Waals surface area contributed by atoms with Crippen LogP contribution in [0.25, 0.3) is 0 Å². The number of hydrogen-bond acceptors (Lipinski definition) is 5. The van der Waals surface area contributed by atoms with Crippen LogP contribution in [0.15, 0.2) is 77.9 Å². The van der Waals surface area contributed by atoms with Crippen LogP contribution in [0.3, 0.4) is 0 Å². The third-order valence-electron chi connectivity index (χ3n) is 4.06. The van der Waals surface area contributed by atoms with Crippen LogP contribution >= 0.6 is 0 Å². The number of anilines is 1. The fourth-order valence-electron chi connectivity index (χ4n) is 2.47. The highest BCUT2D eigenvalue weighted by molar-refractivity contribution is 6.04. The first-order chi connectivity index (χ1) is 14.1. The smallest absolute Gasteiger partial charge is 0.271 e. The highest BCUT2D eigenvalue weighted by Crippen LogP contribution is 2.15. The number of ether oxygens (including phenoxy) is 1. The number of amides is 2. The van der Waals surface area contributed by atoms with Crippen LogP contribution in [0.4, 0.5) is 5.69 Å². The van der Waals surface area contributed by atoms with Crippen molar-refractivity contribution in [3.63, 3.8) is 0 Å². The molecule has 3 N–H and O–H groups in total. The molecule has 3 aromatic carbocycles. The Balaban J connectivity index is 1.58. The lowest BCUT2D eigenvalue weighted by atomic mass is 10.1. The molecule has 0 aliphatic rings. The minimum atomic E-state index is -0.412. The number of phenols is 1. The molecule has 0 saturated heterocycles. The average Bonchev–Trinajstić information content (AvgIpc) is 2.75. The van der Waals surface area contributed by atoms with Crippen LogP contribution < -0.4 is 15.5 Å². The standard InChI is InChI=1S/C22H19N3O4/c1-29-19-12-8-15(9-13-19)21(27)24-18-10-6-16(7-11-18)22(28)25-23-14-17-4-2-3-5-20(17)26/h2-14,26H,1H3,(H,24,27)(H,25,28)/b23-14+. The molecule has 3 aromatic rings. The number of aromatic hydroxyl groups is 1. The number of para-hydroxylation sites is 1. The molecule has 7 nitrogen and oxygen atoms in total. The molecular weight excluding hydrogens is 370 g/mol. The SMILES string of the molecule is COc1ccc(C(=O)Nc2ccc(C(=O)N/N=C/c3ccccc3O)cc2)cc1. The van der Waals surface area contributed by atoms with E-state index in [1.165, 1.54) is 12.3 Å². The van der Waals surface area contributed by atoms with Gasteiger partial charge in [-0.05, 0) is 60.7 Å². The molecule has 29 heavy (non-hydrogen) atoms. The zero-order valence-electron chi connectivity index (χ0n) is 15.6. The number of methoxy groups -OCH3 is 1. The van der Waals surface area contributed by atoms with Gasteiger partial charge in [-0.1, -0.05) is 12.1 Å². The minimum Gasteiger partial charge on any atom is -0.507 e. The van der Waals surface area contributed by atoms with Crippen molar-refractivity contribution in [1.82, 2.24) is 5.43 Å². The summed E-state index contributed by atoms with van der Waals surface area (Å²) >= 11 is 0. The van der Waals surface area contributed by atoms with E-state index in [-0.39, 0.29) is 11.7 Å². The van der Waals surface area contributed by atoms with E-state index >= 15 is 0 Å². The van der Waals surface area contributed by atoms with Crippen LogP contribution in [-0.2, 0) is 0 Å². The van der Waals surface area contributed by atoms with Gasteiger partial charge in [-0.25, -0.2) is 5.43 Å². The fraction of sp³-hybridized carbons (Fsp3) is 0.0455. The molecule has 0 heterocycles. The van der Waals surface area contributed by atoms with Crippen molar-refractivity contribution in [3.05, 3.63) is 89.5 Å². The molecule has 7 heteroatoms. The summed E-state index contributed by atoms with van der Waals surface area (Å²) < 4.78 is 5.07. The fourth-order valence-corrected chi connectivity index (χ4v) is 2.47. The lowest BCUT2D eigenvalue weighted by Crippen LogP contribution is -2.17. The van der Waals surface area contributed by atoms with Crippen LogP contribution in [0, 0.1) is 0 Å². The van der Waals surface area contributed by atoms with E-state index in [1.807, 2.05) is 0 Å². The van der Waals surface area contributed by atoms with E-state index in [4.69, 9.17) is 4.74 Å². The number of phenolic OH excluding ortho intramolecular Hbond substituents is 1. The number of nitrogens with one attached hydrogen (secondary N) is 2. The number of benzene rings is 3. The first-order valence-electron chi connectivity index (χ1n) is 8.73. The second kappa shape index (κ2) is 9.18. The van der Waals surface area contributed by atoms with Gasteiger partial charge in [0.15, 0.2) is 0 Å². The van der Waals surface area contributed by atoms with Crippen molar-refractivity contribution in [2.24, 2.45) is 5.10 Å². The van der Waals surface area contributed by atoms with Gasteiger partial charge in [0.25, 0.3) is 11.8 Å². The molecule has 146 valence electrons. The van der Waals surface area contributed by atoms with Gasteiger partial charge in [-0.3, -0.25) is 9.59 Å². The average molecular weight is 389 g/mol. The Bertz CT molecular complexity index is 1030. The number of carbonyl (C=O) groups is 2. The molecule has 3 rings (SSSR count). The van der Waals surface area contributed by atoms with Gasteiger partial charge < -0.3 is 15.2 Å². The molecule has 0 saturated carbocycles. The minimum absolute atomic E-state index is 0.0717. The molecule has 0 atom stereocenters. The molecular formula is C22H19N3O4. The summed E-state index contributed by atoms with van der Waals surface area (Å²) in [4.78, 5) is 24.4. The Labute approximate surface area is 167 Å². The number of carbonyl (C=O) groups excluding carboxylic acids is 2. The quantitative estimate of drug-likeness (QED) is 0.444. The molecule has 0 spiro atoms. The van der Waals surface area contributed by atoms with Crippen LogP contribution in [0.2, 0.25) is 0 Å². The summed E-state index contributed by atoms with van der Waals surface area (Å²) in [6, 6.07) is 19.8. The second-order valence-corrected chi connectivity index (χ2v) is 6.02. The van der Waals surface area contributed by atoms with Crippen molar-refractivity contribution in [2.45, 2.75) is 0 Å². The maximum atomic E-state index is 12.3. The molecule has 0 radical (unpaired) electrons. The van der Waals surface area contributed by atoms with Gasteiger partial charge >= 0.3 is 0 Å². The molecule has 0 unspecified atom stereocenters. The van der Waals surface area contributed by atoms with Gasteiger partial charge in [0.05, 0.1) is 13.3 Å². The van der Waals surface area contributed by atoms with Crippen molar-refractivity contribution in [2.75, 3.05) is 12.4 Å². The zero-order chi connectivity index (χ0) is 20.6. The van der Waals surface area contributed by atoms with Gasteiger partial charge in [0.1, 0.15) is 11.5 Å². The summed E-state index contributed by atoms with van der Waals surface area (Å²) in [6.07, 6.45) is 1.36. The van der Waals surface area contributed by atoms with E-state index in [2.05, 4.69) is 15.8 Å². The lowest BCUT2D eigenvalue weighted by molar-refractivity contribution is 0.0954. The topological polar surface area (TPSA) is 100 Å². The summed E-state index contributed by atoms with van der Waals surface area (Å²) in [6.45, 7) is 0. The van der Waals surface area contributed by atoms with Crippen LogP contribution in [0.1, 0.15) is 26.3 Å². The number of hydrazone groups is 1. The summed E-state index contributed by atoms with van der Waals surface area (Å²) in [5, 5.41) is 16.3. The van der Waals surface area contributed by atoms with Gasteiger partial charge in [-0.15, -0.1) is 0 Å². The van der Waals surface area contributed by atoms with E-state index in [9.17, 15) is 14.7 Å². The van der Waals surface area contributed by atoms with Crippen molar-refractivity contribution in [3.8, 4) is 11.5 Å². The summed E-state index contributed by atoms with van der Waals surface area (Å²) in [5.41, 5.74) is 4.31. The Morgan fingerprint density at radius 1 is 0.897 bits per heavy atom. The lowest BCUT2D eigenvalue weighted by Gasteiger charge is -2.07. The molecule has 0 aliphatic carbocycles. The van der Waals surface area contributed by atoms with Gasteiger partial charge in [-0.2, -0.15) is 5.10 Å². The molecule has 0 fully saturated rings. The predicted molar refractivity (Wildman–Crippen MR) is 111 cm³/mol. The zero-order valence-corrected chi connectivity index (χ0v) is 15.6. The van der Waals surface area contributed by atoms with E-state index < -0.39 is 5.91 Å². The van der Waals surface area contributed by atoms with E-state index in [0.29, 0.717) is 28.1 Å². The Hall–Kier alpha value is -4.13. The van der Waals surface area contributed by atoms with Crippen LogP contribution in [0.5, 0.6) is 11.5 Å². The first-order valence-corrected chi connectivity index (χ1v) is 8.73. The third-order valence-corrected chi connectivity index (χ3v) is 4.06. The normalized spacial score (nSPS) is 10.5. The largest absolute Gasteiger partial charge is 0.507 e. The Kier molecular flexibility index (Phi) is 6.22. The summed E-state index contributed by atoms with van der Waals surface area (Å²) in [5.74, 6) is 0.0614. The van der Waals surface area contributed by atoms with E-state index in [1.54, 1.807) is 73.8 Å². The highest BCUT2D eigenvalue weighted by atomic mass is 16.5. The molecule has 0 aromatic heterocycles. The van der Waals surface area contributed by atoms with Crippen molar-refractivity contribution >= 4 is 23.7 Å². The predicted octanol–water partition coefficient (Wildman–Crippen LogP) is 3.42. The molecule has 0 aliphatic heterocycles. The number of nitrogens with zero attached hydrogens (tertiary/aromatic N) is 1. The Morgan fingerprint density at radius 3 is 2.17 bits per heavy atom. The number of rotatable bonds is 6. The second-order valence-electron chi connectivity index (χ2n) is 6.02. The molecule has 2 amide bonds. The van der Waals surface area contributed by atoms with Gasteiger partial charge in [0.2, 0.25) is 0 Å². The summed E-state index contributed by atoms with van der Waals surface area (Å²) in [7, 11) is 1.56. The third kappa shape index (κ3) is 5.20. The first kappa shape index (κ1) is 19.6. The van der Waals surface area contributed by atoms with Gasteiger partial charge in [0, 0.05) is 22.4 Å². The monoisotopic (exact) mass is 389 g/mol. The van der Waals surface area contributed by atoms with Crippen molar-refractivity contribution in [1.29, 1.82) is 0 Å².